The van der Waals surface area contributed by atoms with Gasteiger partial charge in [0, 0.05) is 23.7 Å². The summed E-state index contributed by atoms with van der Waals surface area (Å²) in [5, 5.41) is 0.946. The Morgan fingerprint density at radius 3 is 2.42 bits per heavy atom. The van der Waals surface area contributed by atoms with E-state index < -0.39 is 5.54 Å². The fraction of sp³-hybridized carbons (Fsp3) is 0.385. The number of nitrogens with zero attached hydrogens (tertiary/aromatic N) is 3. The van der Waals surface area contributed by atoms with Crippen LogP contribution in [0.25, 0.3) is 16.6 Å². The number of likely N-dealkylation sites (tertiary alicyclic amines) is 2. The molecule has 36 heavy (non-hydrogen) atoms. The SMILES string of the molecule is NC(=O)C1(N2CCCCC2)CCN(C(=O)c2cccc(-n3c(=S)[nH]c4cc(Cl)ccc4c3=O)c2)CC1. The molecule has 188 valence electrons. The highest BCUT2D eigenvalue weighted by atomic mass is 35.5. The Kier molecular flexibility index (Phi) is 6.72. The van der Waals surface area contributed by atoms with Crippen LogP contribution in [0.1, 0.15) is 42.5 Å². The molecule has 1 aromatic heterocycles. The number of hydrogen-bond acceptors (Lipinski definition) is 5. The van der Waals surface area contributed by atoms with E-state index in [0.717, 1.165) is 25.9 Å². The molecule has 2 aromatic carbocycles. The van der Waals surface area contributed by atoms with Gasteiger partial charge < -0.3 is 15.6 Å². The molecule has 10 heteroatoms. The molecule has 0 unspecified atom stereocenters. The fourth-order valence-electron chi connectivity index (χ4n) is 5.51. The van der Waals surface area contributed by atoms with Gasteiger partial charge in [-0.15, -0.1) is 0 Å². The summed E-state index contributed by atoms with van der Waals surface area (Å²) in [6.07, 6.45) is 4.34. The summed E-state index contributed by atoms with van der Waals surface area (Å²) in [6, 6.07) is 11.8. The molecule has 2 saturated heterocycles. The average Bonchev–Trinajstić information content (AvgIpc) is 2.88. The Labute approximate surface area is 218 Å². The van der Waals surface area contributed by atoms with Crippen LogP contribution in [0.2, 0.25) is 5.02 Å². The van der Waals surface area contributed by atoms with Gasteiger partial charge in [0.05, 0.1) is 16.6 Å². The second-order valence-corrected chi connectivity index (χ2v) is 10.4. The smallest absolute Gasteiger partial charge is 0.266 e. The molecule has 8 nitrogen and oxygen atoms in total. The van der Waals surface area contributed by atoms with Crippen molar-refractivity contribution < 1.29 is 9.59 Å². The molecular formula is C26H28ClN5O3S. The van der Waals surface area contributed by atoms with Crippen LogP contribution in [0.15, 0.2) is 47.3 Å². The van der Waals surface area contributed by atoms with E-state index in [-0.39, 0.29) is 22.1 Å². The van der Waals surface area contributed by atoms with Crippen LogP contribution in [-0.4, -0.2) is 62.9 Å². The Morgan fingerprint density at radius 1 is 1.00 bits per heavy atom. The lowest BCUT2D eigenvalue weighted by Gasteiger charge is -2.48. The Balaban J connectivity index is 1.40. The van der Waals surface area contributed by atoms with E-state index in [2.05, 4.69) is 9.88 Å². The number of H-pyrrole nitrogens is 1. The van der Waals surface area contributed by atoms with Crippen LogP contribution < -0.4 is 11.3 Å². The molecule has 3 N–H and O–H groups in total. The van der Waals surface area contributed by atoms with E-state index in [4.69, 9.17) is 29.6 Å². The number of carbonyl (C=O) groups excluding carboxylic acids is 2. The number of hydrogen-bond donors (Lipinski definition) is 2. The van der Waals surface area contributed by atoms with Crippen molar-refractivity contribution in [1.82, 2.24) is 19.4 Å². The van der Waals surface area contributed by atoms with E-state index in [1.54, 1.807) is 47.4 Å². The predicted molar refractivity (Wildman–Crippen MR) is 142 cm³/mol. The van der Waals surface area contributed by atoms with Crippen molar-refractivity contribution in [2.75, 3.05) is 26.2 Å². The van der Waals surface area contributed by atoms with Gasteiger partial charge in [0.1, 0.15) is 5.54 Å². The number of amides is 2. The molecule has 0 atom stereocenters. The number of piperidine rings is 2. The van der Waals surface area contributed by atoms with Crippen molar-refractivity contribution in [3.8, 4) is 5.69 Å². The van der Waals surface area contributed by atoms with Crippen molar-refractivity contribution >= 4 is 46.5 Å². The molecule has 3 aromatic rings. The monoisotopic (exact) mass is 525 g/mol. The highest BCUT2D eigenvalue weighted by Gasteiger charge is 2.45. The standard InChI is InChI=1S/C26H28ClN5O3S/c27-18-7-8-20-21(16-18)29-25(36)32(23(20)34)19-6-4-5-17(15-19)22(33)30-13-9-26(10-14-30,24(28)35)31-11-2-1-3-12-31/h4-8,15-16H,1-3,9-14H2,(H2,28,35)(H,29,36). The number of nitrogens with two attached hydrogens (primary N) is 1. The molecule has 2 fully saturated rings. The molecular weight excluding hydrogens is 498 g/mol. The van der Waals surface area contributed by atoms with Crippen molar-refractivity contribution in [1.29, 1.82) is 0 Å². The van der Waals surface area contributed by atoms with Gasteiger partial charge in [0.2, 0.25) is 5.91 Å². The van der Waals surface area contributed by atoms with Crippen LogP contribution in [0.4, 0.5) is 0 Å². The van der Waals surface area contributed by atoms with Gasteiger partial charge in [-0.05, 0) is 87.4 Å². The maximum Gasteiger partial charge on any atom is 0.266 e. The average molecular weight is 526 g/mol. The van der Waals surface area contributed by atoms with E-state index >= 15 is 0 Å². The van der Waals surface area contributed by atoms with Gasteiger partial charge in [-0.25, -0.2) is 0 Å². The first-order chi connectivity index (χ1) is 17.3. The summed E-state index contributed by atoms with van der Waals surface area (Å²) in [4.78, 5) is 46.2. The quantitative estimate of drug-likeness (QED) is 0.506. The summed E-state index contributed by atoms with van der Waals surface area (Å²) >= 11 is 11.5. The normalized spacial score (nSPS) is 18.3. The van der Waals surface area contributed by atoms with Crippen LogP contribution in [0.5, 0.6) is 0 Å². The number of primary amides is 1. The van der Waals surface area contributed by atoms with Crippen LogP contribution >= 0.6 is 23.8 Å². The molecule has 0 radical (unpaired) electrons. The molecule has 2 aliphatic rings. The number of halogens is 1. The number of rotatable bonds is 4. The van der Waals surface area contributed by atoms with Gasteiger partial charge in [0.25, 0.3) is 11.5 Å². The maximum atomic E-state index is 13.4. The van der Waals surface area contributed by atoms with Crippen LogP contribution in [-0.2, 0) is 4.79 Å². The first-order valence-electron chi connectivity index (χ1n) is 12.2. The fourth-order valence-corrected chi connectivity index (χ4v) is 5.98. The lowest BCUT2D eigenvalue weighted by molar-refractivity contribution is -0.134. The molecule has 0 aliphatic carbocycles. The zero-order valence-electron chi connectivity index (χ0n) is 19.8. The molecule has 2 aliphatic heterocycles. The molecule has 0 bridgehead atoms. The Hall–Kier alpha value is -3.01. The van der Waals surface area contributed by atoms with Gasteiger partial charge in [0.15, 0.2) is 4.77 Å². The van der Waals surface area contributed by atoms with Crippen LogP contribution in [0, 0.1) is 4.77 Å². The number of carbonyl (C=O) groups is 2. The van der Waals surface area contributed by atoms with Gasteiger partial charge >= 0.3 is 0 Å². The third-order valence-corrected chi connectivity index (χ3v) is 8.03. The zero-order chi connectivity index (χ0) is 25.4. The number of nitrogens with one attached hydrogen (secondary N) is 1. The predicted octanol–water partition coefficient (Wildman–Crippen LogP) is 3.65. The van der Waals surface area contributed by atoms with E-state index in [0.29, 0.717) is 53.1 Å². The van der Waals surface area contributed by atoms with Crippen LogP contribution in [0.3, 0.4) is 0 Å². The molecule has 3 heterocycles. The van der Waals surface area contributed by atoms with Gasteiger partial charge in [-0.2, -0.15) is 0 Å². The Morgan fingerprint density at radius 2 is 1.72 bits per heavy atom. The first-order valence-corrected chi connectivity index (χ1v) is 13.0. The van der Waals surface area contributed by atoms with Gasteiger partial charge in [-0.1, -0.05) is 24.1 Å². The molecule has 2 amide bonds. The van der Waals surface area contributed by atoms with E-state index in [1.807, 2.05) is 0 Å². The minimum Gasteiger partial charge on any atom is -0.368 e. The Bertz CT molecular complexity index is 1450. The van der Waals surface area contributed by atoms with Crippen molar-refractivity contribution in [2.45, 2.75) is 37.6 Å². The van der Waals surface area contributed by atoms with Crippen molar-refractivity contribution in [3.63, 3.8) is 0 Å². The second-order valence-electron chi connectivity index (χ2n) is 9.55. The molecule has 0 spiro atoms. The third kappa shape index (κ3) is 4.36. The number of fused-ring (bicyclic) bond motifs is 1. The van der Waals surface area contributed by atoms with Crippen molar-refractivity contribution in [3.05, 3.63) is 68.2 Å². The lowest BCUT2D eigenvalue weighted by Crippen LogP contribution is -2.63. The summed E-state index contributed by atoms with van der Waals surface area (Å²) in [5.41, 5.74) is 6.42. The first kappa shape index (κ1) is 24.7. The summed E-state index contributed by atoms with van der Waals surface area (Å²) in [7, 11) is 0. The number of aromatic nitrogens is 2. The number of benzene rings is 2. The van der Waals surface area contributed by atoms with E-state index in [1.165, 1.54) is 11.0 Å². The largest absolute Gasteiger partial charge is 0.368 e. The second kappa shape index (κ2) is 9.80. The lowest BCUT2D eigenvalue weighted by atomic mass is 9.83. The minimum atomic E-state index is -0.687. The third-order valence-electron chi connectivity index (χ3n) is 7.51. The summed E-state index contributed by atoms with van der Waals surface area (Å²) in [6.45, 7) is 2.62. The van der Waals surface area contributed by atoms with E-state index in [9.17, 15) is 14.4 Å². The molecule has 0 saturated carbocycles. The number of aromatic amines is 1. The zero-order valence-corrected chi connectivity index (χ0v) is 21.4. The topological polar surface area (TPSA) is 104 Å². The minimum absolute atomic E-state index is 0.149. The summed E-state index contributed by atoms with van der Waals surface area (Å²) in [5.74, 6) is -0.450. The summed E-state index contributed by atoms with van der Waals surface area (Å²) < 4.78 is 1.60. The highest BCUT2D eigenvalue weighted by Crippen LogP contribution is 2.32. The maximum absolute atomic E-state index is 13.4. The van der Waals surface area contributed by atoms with Gasteiger partial charge in [-0.3, -0.25) is 23.9 Å². The highest BCUT2D eigenvalue weighted by molar-refractivity contribution is 7.71. The molecule has 5 rings (SSSR count). The van der Waals surface area contributed by atoms with Crippen molar-refractivity contribution in [2.24, 2.45) is 5.73 Å².